The molecule has 31 heavy (non-hydrogen) atoms. The van der Waals surface area contributed by atoms with Crippen molar-refractivity contribution in [3.8, 4) is 22.4 Å². The zero-order valence-electron chi connectivity index (χ0n) is 17.5. The summed E-state index contributed by atoms with van der Waals surface area (Å²) in [6.45, 7) is 5.74. The van der Waals surface area contributed by atoms with E-state index in [9.17, 15) is 4.79 Å². The maximum absolute atomic E-state index is 13.0. The fraction of sp³-hybridized carbons (Fsp3) is 0.174. The topological polar surface area (TPSA) is 107 Å². The summed E-state index contributed by atoms with van der Waals surface area (Å²) >= 11 is 1.59. The minimum atomic E-state index is -0.747. The number of nitrogens with zero attached hydrogens (tertiary/aromatic N) is 4. The van der Waals surface area contributed by atoms with Crippen molar-refractivity contribution in [1.82, 2.24) is 19.9 Å². The van der Waals surface area contributed by atoms with Gasteiger partial charge in [-0.15, -0.1) is 11.3 Å². The molecule has 1 amide bonds. The molecule has 0 spiro atoms. The van der Waals surface area contributed by atoms with E-state index in [4.69, 9.17) is 5.73 Å². The summed E-state index contributed by atoms with van der Waals surface area (Å²) in [5.74, 6) is 0.603. The predicted octanol–water partition coefficient (Wildman–Crippen LogP) is 4.47. The van der Waals surface area contributed by atoms with Crippen molar-refractivity contribution in [1.29, 1.82) is 0 Å². The molecule has 3 aromatic heterocycles. The Morgan fingerprint density at radius 1 is 0.935 bits per heavy atom. The van der Waals surface area contributed by atoms with Crippen LogP contribution in [0.1, 0.15) is 24.4 Å². The van der Waals surface area contributed by atoms with Gasteiger partial charge in [0.15, 0.2) is 0 Å². The Balaban J connectivity index is 1.47. The quantitative estimate of drug-likeness (QED) is 0.484. The third kappa shape index (κ3) is 4.44. The molecule has 3 N–H and O–H groups in total. The number of thiazole rings is 1. The summed E-state index contributed by atoms with van der Waals surface area (Å²) in [6.07, 6.45) is 5.08. The van der Waals surface area contributed by atoms with Gasteiger partial charge in [-0.2, -0.15) is 0 Å². The van der Waals surface area contributed by atoms with E-state index in [1.165, 1.54) is 0 Å². The molecule has 4 aromatic rings. The third-order valence-corrected chi connectivity index (χ3v) is 5.87. The molecule has 0 aliphatic carbocycles. The van der Waals surface area contributed by atoms with Crippen LogP contribution >= 0.6 is 11.3 Å². The lowest BCUT2D eigenvalue weighted by Crippen LogP contribution is -2.34. The average Bonchev–Trinajstić information content (AvgIpc) is 3.21. The Morgan fingerprint density at radius 3 is 2.16 bits per heavy atom. The van der Waals surface area contributed by atoms with Gasteiger partial charge in [0, 0.05) is 35.1 Å². The van der Waals surface area contributed by atoms with Crippen LogP contribution in [0.3, 0.4) is 0 Å². The fourth-order valence-electron chi connectivity index (χ4n) is 3.09. The summed E-state index contributed by atoms with van der Waals surface area (Å²) in [6, 6.07) is 11.5. The number of benzene rings is 1. The molecular formula is C23H22N6OS. The van der Waals surface area contributed by atoms with Gasteiger partial charge >= 0.3 is 0 Å². The van der Waals surface area contributed by atoms with E-state index in [2.05, 4.69) is 25.3 Å². The Labute approximate surface area is 184 Å². The molecule has 8 heteroatoms. The van der Waals surface area contributed by atoms with Crippen LogP contribution in [-0.2, 0) is 10.2 Å². The number of aromatic nitrogens is 4. The number of aryl methyl sites for hydroxylation is 1. The average molecular weight is 431 g/mol. The van der Waals surface area contributed by atoms with Crippen LogP contribution in [0.15, 0.2) is 60.4 Å². The SMILES string of the molecule is Cc1nc(-c2ccc(NC(=O)C(C)(C)c3ccc(-c4cnc(N)nc4)cc3)nc2)cs1. The number of amides is 1. The first-order valence-corrected chi connectivity index (χ1v) is 10.6. The first-order valence-electron chi connectivity index (χ1n) is 9.71. The maximum atomic E-state index is 13.0. The first-order chi connectivity index (χ1) is 14.8. The van der Waals surface area contributed by atoms with Crippen molar-refractivity contribution in [3.05, 3.63) is 70.9 Å². The van der Waals surface area contributed by atoms with E-state index in [0.717, 1.165) is 33.0 Å². The summed E-state index contributed by atoms with van der Waals surface area (Å²) in [4.78, 5) is 29.9. The number of carbonyl (C=O) groups is 1. The van der Waals surface area contributed by atoms with Crippen molar-refractivity contribution in [3.63, 3.8) is 0 Å². The lowest BCUT2D eigenvalue weighted by Gasteiger charge is -2.24. The summed E-state index contributed by atoms with van der Waals surface area (Å²) in [5, 5.41) is 5.91. The van der Waals surface area contributed by atoms with Crippen molar-refractivity contribution < 1.29 is 4.79 Å². The van der Waals surface area contributed by atoms with Crippen molar-refractivity contribution in [2.24, 2.45) is 0 Å². The highest BCUT2D eigenvalue weighted by atomic mass is 32.1. The zero-order valence-corrected chi connectivity index (χ0v) is 18.3. The smallest absolute Gasteiger partial charge is 0.235 e. The Hall–Kier alpha value is -3.65. The lowest BCUT2D eigenvalue weighted by atomic mass is 9.83. The monoisotopic (exact) mass is 430 g/mol. The minimum Gasteiger partial charge on any atom is -0.368 e. The molecule has 0 aliphatic rings. The van der Waals surface area contributed by atoms with Crippen LogP contribution in [0.25, 0.3) is 22.4 Å². The van der Waals surface area contributed by atoms with Gasteiger partial charge < -0.3 is 11.1 Å². The molecule has 0 aliphatic heterocycles. The number of nitrogen functional groups attached to an aromatic ring is 1. The zero-order chi connectivity index (χ0) is 22.0. The van der Waals surface area contributed by atoms with Gasteiger partial charge in [-0.05, 0) is 44.0 Å². The predicted molar refractivity (Wildman–Crippen MR) is 124 cm³/mol. The largest absolute Gasteiger partial charge is 0.368 e. The highest BCUT2D eigenvalue weighted by molar-refractivity contribution is 7.09. The Kier molecular flexibility index (Phi) is 5.48. The maximum Gasteiger partial charge on any atom is 0.235 e. The van der Waals surface area contributed by atoms with E-state index < -0.39 is 5.41 Å². The molecule has 7 nitrogen and oxygen atoms in total. The fourth-order valence-corrected chi connectivity index (χ4v) is 3.71. The second-order valence-corrected chi connectivity index (χ2v) is 8.73. The van der Waals surface area contributed by atoms with Gasteiger partial charge in [-0.1, -0.05) is 24.3 Å². The number of nitrogens with two attached hydrogens (primary N) is 1. The number of pyridine rings is 1. The summed E-state index contributed by atoms with van der Waals surface area (Å²) < 4.78 is 0. The number of nitrogens with one attached hydrogen (secondary N) is 1. The molecule has 0 unspecified atom stereocenters. The molecule has 0 saturated heterocycles. The molecule has 0 fully saturated rings. The van der Waals surface area contributed by atoms with Gasteiger partial charge in [0.05, 0.1) is 16.1 Å². The molecule has 0 bridgehead atoms. The molecule has 0 radical (unpaired) electrons. The van der Waals surface area contributed by atoms with Crippen LogP contribution in [0.4, 0.5) is 11.8 Å². The van der Waals surface area contributed by atoms with E-state index >= 15 is 0 Å². The van der Waals surface area contributed by atoms with Crippen LogP contribution in [0.5, 0.6) is 0 Å². The number of carbonyl (C=O) groups excluding carboxylic acids is 1. The lowest BCUT2D eigenvalue weighted by molar-refractivity contribution is -0.120. The second kappa shape index (κ2) is 8.23. The van der Waals surface area contributed by atoms with Gasteiger partial charge in [-0.3, -0.25) is 4.79 Å². The highest BCUT2D eigenvalue weighted by Crippen LogP contribution is 2.28. The molecule has 3 heterocycles. The minimum absolute atomic E-state index is 0.138. The van der Waals surface area contributed by atoms with Crippen LogP contribution in [0.2, 0.25) is 0 Å². The van der Waals surface area contributed by atoms with Crippen LogP contribution in [-0.4, -0.2) is 25.8 Å². The summed E-state index contributed by atoms with van der Waals surface area (Å²) in [7, 11) is 0. The van der Waals surface area contributed by atoms with Gasteiger partial charge in [-0.25, -0.2) is 19.9 Å². The van der Waals surface area contributed by atoms with Crippen molar-refractivity contribution in [2.45, 2.75) is 26.2 Å². The van der Waals surface area contributed by atoms with Crippen LogP contribution < -0.4 is 11.1 Å². The highest BCUT2D eigenvalue weighted by Gasteiger charge is 2.30. The molecule has 0 saturated carbocycles. The van der Waals surface area contributed by atoms with Gasteiger partial charge in [0.2, 0.25) is 11.9 Å². The number of hydrogen-bond acceptors (Lipinski definition) is 7. The molecule has 1 aromatic carbocycles. The number of hydrogen-bond donors (Lipinski definition) is 2. The van der Waals surface area contributed by atoms with Crippen LogP contribution in [0, 0.1) is 6.92 Å². The molecule has 156 valence electrons. The normalized spacial score (nSPS) is 11.3. The van der Waals surface area contributed by atoms with E-state index in [-0.39, 0.29) is 11.9 Å². The van der Waals surface area contributed by atoms with E-state index in [0.29, 0.717) is 5.82 Å². The standard InChI is InChI=1S/C23H22N6OS/c1-14-28-19(13-31-14)16-6-9-20(25-10-16)29-21(30)23(2,3)18-7-4-15(5-8-18)17-11-26-22(24)27-12-17/h4-13H,1-3H3,(H2,24,26,27)(H,25,29,30). The number of rotatable bonds is 5. The Morgan fingerprint density at radius 2 is 1.58 bits per heavy atom. The second-order valence-electron chi connectivity index (χ2n) is 7.67. The van der Waals surface area contributed by atoms with Gasteiger partial charge in [0.1, 0.15) is 5.82 Å². The molecule has 0 atom stereocenters. The molecule has 4 rings (SSSR count). The summed E-state index contributed by atoms with van der Waals surface area (Å²) in [5.41, 5.74) is 9.31. The Bertz CT molecular complexity index is 1200. The van der Waals surface area contributed by atoms with Crippen molar-refractivity contribution >= 4 is 29.0 Å². The van der Waals surface area contributed by atoms with Crippen molar-refractivity contribution in [2.75, 3.05) is 11.1 Å². The van der Waals surface area contributed by atoms with Gasteiger partial charge in [0.25, 0.3) is 0 Å². The first kappa shape index (κ1) is 20.6. The van der Waals surface area contributed by atoms with E-state index in [1.807, 2.05) is 56.5 Å². The molecular weight excluding hydrogens is 408 g/mol. The van der Waals surface area contributed by atoms with E-state index in [1.54, 1.807) is 36.0 Å². The third-order valence-electron chi connectivity index (χ3n) is 5.10. The number of anilines is 2.